The van der Waals surface area contributed by atoms with Crippen molar-refractivity contribution in [3.8, 4) is 0 Å². The van der Waals surface area contributed by atoms with E-state index in [-0.39, 0.29) is 0 Å². The van der Waals surface area contributed by atoms with Crippen LogP contribution < -0.4 is 5.73 Å². The van der Waals surface area contributed by atoms with Gasteiger partial charge in [-0.15, -0.1) is 11.3 Å². The second-order valence-electron chi connectivity index (χ2n) is 4.86. The van der Waals surface area contributed by atoms with Gasteiger partial charge >= 0.3 is 0 Å². The third kappa shape index (κ3) is 5.03. The fraction of sp³-hybridized carbons (Fsp3) is 0.714. The molecule has 5 nitrogen and oxygen atoms in total. The van der Waals surface area contributed by atoms with E-state index in [1.165, 1.54) is 11.3 Å². The summed E-state index contributed by atoms with van der Waals surface area (Å²) in [4.78, 5) is 2.30. The second kappa shape index (κ2) is 8.85. The molecule has 1 aromatic rings. The van der Waals surface area contributed by atoms with E-state index in [0.29, 0.717) is 23.8 Å². The average Bonchev–Trinajstić information content (AvgIpc) is 2.97. The zero-order valence-corrected chi connectivity index (χ0v) is 14.8. The minimum absolute atomic E-state index is 0.375. The van der Waals surface area contributed by atoms with Crippen molar-refractivity contribution in [2.24, 2.45) is 5.73 Å². The SMILES string of the molecule is CCN(CC)CCCN(CC)S(=O)(=O)c1cc(CN)cs1. The maximum atomic E-state index is 12.6. The molecule has 0 spiro atoms. The Bertz CT molecular complexity index is 510. The van der Waals surface area contributed by atoms with Crippen molar-refractivity contribution in [1.29, 1.82) is 0 Å². The topological polar surface area (TPSA) is 66.6 Å². The van der Waals surface area contributed by atoms with Gasteiger partial charge in [0.1, 0.15) is 4.21 Å². The van der Waals surface area contributed by atoms with Crippen LogP contribution in [0.3, 0.4) is 0 Å². The van der Waals surface area contributed by atoms with E-state index in [9.17, 15) is 8.42 Å². The van der Waals surface area contributed by atoms with Gasteiger partial charge in [-0.1, -0.05) is 20.8 Å². The highest BCUT2D eigenvalue weighted by Crippen LogP contribution is 2.23. The Kier molecular flexibility index (Phi) is 7.83. The van der Waals surface area contributed by atoms with E-state index in [2.05, 4.69) is 18.7 Å². The second-order valence-corrected chi connectivity index (χ2v) is 7.93. The molecule has 0 amide bonds. The largest absolute Gasteiger partial charge is 0.326 e. The van der Waals surface area contributed by atoms with Gasteiger partial charge in [-0.25, -0.2) is 8.42 Å². The molecule has 0 fully saturated rings. The molecule has 0 bridgehead atoms. The number of thiophene rings is 1. The standard InChI is InChI=1S/C14H27N3O2S2/c1-4-16(5-2)8-7-9-17(6-3)21(18,19)14-10-13(11-15)12-20-14/h10,12H,4-9,11,15H2,1-3H3. The third-order valence-electron chi connectivity index (χ3n) is 3.59. The highest BCUT2D eigenvalue weighted by molar-refractivity contribution is 7.91. The smallest absolute Gasteiger partial charge is 0.252 e. The van der Waals surface area contributed by atoms with Crippen LogP contribution in [-0.2, 0) is 16.6 Å². The van der Waals surface area contributed by atoms with E-state index >= 15 is 0 Å². The minimum atomic E-state index is -3.37. The lowest BCUT2D eigenvalue weighted by atomic mass is 10.3. The predicted molar refractivity (Wildman–Crippen MR) is 89.0 cm³/mol. The fourth-order valence-corrected chi connectivity index (χ4v) is 5.04. The molecular weight excluding hydrogens is 306 g/mol. The van der Waals surface area contributed by atoms with Crippen LogP contribution in [0.25, 0.3) is 0 Å². The summed E-state index contributed by atoms with van der Waals surface area (Å²) in [6, 6.07) is 1.69. The summed E-state index contributed by atoms with van der Waals surface area (Å²) in [6.45, 7) is 10.5. The number of hydrogen-bond donors (Lipinski definition) is 1. The fourth-order valence-electron chi connectivity index (χ4n) is 2.18. The molecule has 0 aliphatic heterocycles. The van der Waals surface area contributed by atoms with Gasteiger partial charge < -0.3 is 10.6 Å². The van der Waals surface area contributed by atoms with Crippen LogP contribution in [0.2, 0.25) is 0 Å². The Labute approximate surface area is 132 Å². The molecule has 21 heavy (non-hydrogen) atoms. The molecule has 1 rings (SSSR count). The molecular formula is C14H27N3O2S2. The van der Waals surface area contributed by atoms with Gasteiger partial charge in [0.05, 0.1) is 0 Å². The van der Waals surface area contributed by atoms with Crippen LogP contribution in [0.15, 0.2) is 15.7 Å². The van der Waals surface area contributed by atoms with Gasteiger partial charge in [0.25, 0.3) is 10.0 Å². The molecule has 7 heteroatoms. The quantitative estimate of drug-likeness (QED) is 0.711. The van der Waals surface area contributed by atoms with Crippen LogP contribution in [-0.4, -0.2) is 50.3 Å². The minimum Gasteiger partial charge on any atom is -0.326 e. The van der Waals surface area contributed by atoms with E-state index < -0.39 is 10.0 Å². The predicted octanol–water partition coefficient (Wildman–Crippen LogP) is 1.95. The van der Waals surface area contributed by atoms with Gasteiger partial charge in [0, 0.05) is 19.6 Å². The Balaban J connectivity index is 2.69. The van der Waals surface area contributed by atoms with E-state index in [1.807, 2.05) is 12.3 Å². The van der Waals surface area contributed by atoms with Crippen molar-refractivity contribution in [2.75, 3.05) is 32.7 Å². The van der Waals surface area contributed by atoms with Crippen LogP contribution in [0.1, 0.15) is 32.8 Å². The maximum Gasteiger partial charge on any atom is 0.252 e. The summed E-state index contributed by atoms with van der Waals surface area (Å²) in [7, 11) is -3.37. The van der Waals surface area contributed by atoms with Gasteiger partial charge in [0.2, 0.25) is 0 Å². The summed E-state index contributed by atoms with van der Waals surface area (Å²) in [5.41, 5.74) is 6.42. The molecule has 0 saturated heterocycles. The van der Waals surface area contributed by atoms with Crippen LogP contribution in [0.5, 0.6) is 0 Å². The molecule has 0 saturated carbocycles. The van der Waals surface area contributed by atoms with Crippen LogP contribution in [0.4, 0.5) is 0 Å². The number of nitrogens with zero attached hydrogens (tertiary/aromatic N) is 2. The van der Waals surface area contributed by atoms with Crippen molar-refractivity contribution in [2.45, 2.75) is 37.9 Å². The van der Waals surface area contributed by atoms with Crippen molar-refractivity contribution >= 4 is 21.4 Å². The zero-order chi connectivity index (χ0) is 15.9. The summed E-state index contributed by atoms with van der Waals surface area (Å²) in [5, 5.41) is 1.82. The van der Waals surface area contributed by atoms with Gasteiger partial charge in [-0.05, 0) is 43.1 Å². The summed E-state index contributed by atoms with van der Waals surface area (Å²) >= 11 is 1.25. The molecule has 1 aromatic heterocycles. The maximum absolute atomic E-state index is 12.6. The number of sulfonamides is 1. The lowest BCUT2D eigenvalue weighted by Crippen LogP contribution is -2.34. The Morgan fingerprint density at radius 2 is 1.81 bits per heavy atom. The Morgan fingerprint density at radius 3 is 2.29 bits per heavy atom. The molecule has 0 aromatic carbocycles. The molecule has 122 valence electrons. The van der Waals surface area contributed by atoms with Crippen molar-refractivity contribution in [1.82, 2.24) is 9.21 Å². The Morgan fingerprint density at radius 1 is 1.14 bits per heavy atom. The molecule has 0 aliphatic carbocycles. The van der Waals surface area contributed by atoms with Gasteiger partial charge in [0.15, 0.2) is 0 Å². The van der Waals surface area contributed by atoms with E-state index in [0.717, 1.165) is 31.6 Å². The number of hydrogen-bond acceptors (Lipinski definition) is 5. The van der Waals surface area contributed by atoms with E-state index in [4.69, 9.17) is 5.73 Å². The molecule has 1 heterocycles. The molecule has 0 radical (unpaired) electrons. The molecule has 0 atom stereocenters. The number of nitrogens with two attached hydrogens (primary N) is 1. The van der Waals surface area contributed by atoms with Gasteiger partial charge in [-0.2, -0.15) is 4.31 Å². The number of rotatable bonds is 10. The zero-order valence-electron chi connectivity index (χ0n) is 13.2. The van der Waals surface area contributed by atoms with E-state index in [1.54, 1.807) is 10.4 Å². The third-order valence-corrected chi connectivity index (χ3v) is 7.03. The normalized spacial score (nSPS) is 12.5. The van der Waals surface area contributed by atoms with Crippen molar-refractivity contribution in [3.63, 3.8) is 0 Å². The first-order valence-corrected chi connectivity index (χ1v) is 9.81. The summed E-state index contributed by atoms with van der Waals surface area (Å²) in [5.74, 6) is 0. The molecule has 0 unspecified atom stereocenters. The highest BCUT2D eigenvalue weighted by Gasteiger charge is 2.24. The first-order valence-electron chi connectivity index (χ1n) is 7.49. The summed E-state index contributed by atoms with van der Waals surface area (Å²) in [6.07, 6.45) is 0.851. The van der Waals surface area contributed by atoms with Crippen molar-refractivity contribution in [3.05, 3.63) is 17.0 Å². The Hall–Kier alpha value is -0.470. The lowest BCUT2D eigenvalue weighted by molar-refractivity contribution is 0.285. The molecule has 0 aliphatic rings. The first kappa shape index (κ1) is 18.6. The monoisotopic (exact) mass is 333 g/mol. The average molecular weight is 334 g/mol. The molecule has 2 N–H and O–H groups in total. The summed E-state index contributed by atoms with van der Waals surface area (Å²) < 4.78 is 27.1. The van der Waals surface area contributed by atoms with Gasteiger partial charge in [-0.3, -0.25) is 0 Å². The van der Waals surface area contributed by atoms with Crippen molar-refractivity contribution < 1.29 is 8.42 Å². The first-order chi connectivity index (χ1) is 9.99. The lowest BCUT2D eigenvalue weighted by Gasteiger charge is -2.22. The van der Waals surface area contributed by atoms with Crippen LogP contribution >= 0.6 is 11.3 Å². The van der Waals surface area contributed by atoms with Crippen LogP contribution in [0, 0.1) is 0 Å². The highest BCUT2D eigenvalue weighted by atomic mass is 32.2.